The molecular formula is C33H24IN5O5. The van der Waals surface area contributed by atoms with Crippen molar-refractivity contribution in [1.29, 1.82) is 0 Å². The Bertz CT molecular complexity index is 1840. The van der Waals surface area contributed by atoms with Gasteiger partial charge in [-0.15, -0.1) is 0 Å². The first-order chi connectivity index (χ1) is 21.3. The lowest BCUT2D eigenvalue weighted by molar-refractivity contribution is -0.384. The molecule has 1 heterocycles. The molecule has 1 fully saturated rings. The molecule has 1 saturated heterocycles. The van der Waals surface area contributed by atoms with E-state index < -0.39 is 45.8 Å². The lowest BCUT2D eigenvalue weighted by atomic mass is 9.47. The molecule has 218 valence electrons. The number of imide groups is 1. The first-order valence-corrected chi connectivity index (χ1v) is 15.0. The van der Waals surface area contributed by atoms with Gasteiger partial charge in [-0.05, 0) is 75.2 Å². The second kappa shape index (κ2) is 10.7. The standard InChI is InChI=1S/C33H24IN5O5/c34-19-13-15-20(16-14-19)35-17-27(40)37-36-18-33-23-9-3-1-7-21(23)28(22-8-2-4-10-24(22)33)29-30(33)32(42)38(31(29)41)25-11-5-6-12-26(25)39(43)44/h1-16,18,28-30,35H,17H2,(H,37,40)/b36-18-/t28?,29-,30-,33?/m0/s1. The van der Waals surface area contributed by atoms with Crippen LogP contribution in [0.4, 0.5) is 17.1 Å². The van der Waals surface area contributed by atoms with Gasteiger partial charge in [0.1, 0.15) is 5.69 Å². The zero-order valence-electron chi connectivity index (χ0n) is 23.0. The Balaban J connectivity index is 1.31. The number of para-hydroxylation sites is 2. The Hall–Kier alpha value is -4.91. The van der Waals surface area contributed by atoms with E-state index in [1.54, 1.807) is 12.3 Å². The Morgan fingerprint density at radius 1 is 0.909 bits per heavy atom. The highest BCUT2D eigenvalue weighted by Gasteiger charge is 2.68. The number of nitrogens with zero attached hydrogens (tertiary/aromatic N) is 3. The molecule has 0 saturated carbocycles. The highest BCUT2D eigenvalue weighted by atomic mass is 127. The molecule has 0 aromatic heterocycles. The minimum absolute atomic E-state index is 0.0326. The SMILES string of the molecule is O=C(CNc1ccc(I)cc1)N/N=C\C12c3ccccc3C(c3ccccc31)[C@@H]1C(=O)N(c3ccccc3[N+](=O)[O-])C(=O)[C@H]12. The van der Waals surface area contributed by atoms with Crippen LogP contribution in [-0.4, -0.2) is 35.4 Å². The molecule has 2 N–H and O–H groups in total. The summed E-state index contributed by atoms with van der Waals surface area (Å²) in [4.78, 5) is 53.8. The third-order valence-corrected chi connectivity index (χ3v) is 9.48. The minimum atomic E-state index is -1.21. The minimum Gasteiger partial charge on any atom is -0.376 e. The summed E-state index contributed by atoms with van der Waals surface area (Å²) in [6.07, 6.45) is 1.56. The number of amides is 3. The number of nitrogens with one attached hydrogen (secondary N) is 2. The second-order valence-corrected chi connectivity index (χ2v) is 12.2. The average Bonchev–Trinajstić information content (AvgIpc) is 3.31. The molecule has 4 aromatic carbocycles. The van der Waals surface area contributed by atoms with Gasteiger partial charge in [0.05, 0.1) is 28.7 Å². The van der Waals surface area contributed by atoms with Crippen molar-refractivity contribution in [1.82, 2.24) is 5.43 Å². The molecule has 0 radical (unpaired) electrons. The van der Waals surface area contributed by atoms with Gasteiger partial charge in [0, 0.05) is 27.5 Å². The molecule has 4 aromatic rings. The average molecular weight is 697 g/mol. The van der Waals surface area contributed by atoms with Crippen LogP contribution in [0, 0.1) is 25.5 Å². The molecule has 0 unspecified atom stereocenters. The van der Waals surface area contributed by atoms with Crippen LogP contribution >= 0.6 is 22.6 Å². The van der Waals surface area contributed by atoms with Crippen LogP contribution < -0.4 is 15.6 Å². The van der Waals surface area contributed by atoms with Crippen molar-refractivity contribution in [2.24, 2.45) is 16.9 Å². The van der Waals surface area contributed by atoms with E-state index in [9.17, 15) is 24.5 Å². The van der Waals surface area contributed by atoms with Crippen LogP contribution in [0.15, 0.2) is 102 Å². The largest absolute Gasteiger partial charge is 0.376 e. The van der Waals surface area contributed by atoms with Crippen molar-refractivity contribution in [3.8, 4) is 0 Å². The smallest absolute Gasteiger partial charge is 0.293 e. The molecule has 8 rings (SSSR count). The summed E-state index contributed by atoms with van der Waals surface area (Å²) < 4.78 is 1.07. The quantitative estimate of drug-likeness (QED) is 0.0922. The fourth-order valence-electron chi connectivity index (χ4n) is 7.09. The molecule has 44 heavy (non-hydrogen) atoms. The maximum Gasteiger partial charge on any atom is 0.293 e. The first-order valence-electron chi connectivity index (χ1n) is 14.0. The molecule has 2 bridgehead atoms. The van der Waals surface area contributed by atoms with Gasteiger partial charge in [-0.2, -0.15) is 5.10 Å². The summed E-state index contributed by atoms with van der Waals surface area (Å²) >= 11 is 2.20. The van der Waals surface area contributed by atoms with E-state index >= 15 is 0 Å². The highest BCUT2D eigenvalue weighted by Crippen LogP contribution is 2.63. The second-order valence-electron chi connectivity index (χ2n) is 10.9. The van der Waals surface area contributed by atoms with Crippen LogP contribution in [0.5, 0.6) is 0 Å². The van der Waals surface area contributed by atoms with Gasteiger partial charge < -0.3 is 5.32 Å². The van der Waals surface area contributed by atoms with Crippen molar-refractivity contribution in [2.45, 2.75) is 11.3 Å². The zero-order valence-corrected chi connectivity index (χ0v) is 25.2. The first kappa shape index (κ1) is 27.9. The zero-order chi connectivity index (χ0) is 30.6. The third-order valence-electron chi connectivity index (χ3n) is 8.76. The van der Waals surface area contributed by atoms with Crippen molar-refractivity contribution in [3.05, 3.63) is 133 Å². The van der Waals surface area contributed by atoms with E-state index in [1.165, 1.54) is 18.2 Å². The Morgan fingerprint density at radius 3 is 2.18 bits per heavy atom. The fraction of sp³-hybridized carbons (Fsp3) is 0.152. The number of nitro groups is 1. The van der Waals surface area contributed by atoms with Gasteiger partial charge in [-0.1, -0.05) is 60.7 Å². The molecular weight excluding hydrogens is 673 g/mol. The maximum absolute atomic E-state index is 14.4. The molecule has 3 amide bonds. The summed E-state index contributed by atoms with van der Waals surface area (Å²) in [7, 11) is 0. The van der Waals surface area contributed by atoms with Crippen molar-refractivity contribution < 1.29 is 19.3 Å². The van der Waals surface area contributed by atoms with Crippen LogP contribution in [0.2, 0.25) is 0 Å². The summed E-state index contributed by atoms with van der Waals surface area (Å²) in [6, 6.07) is 28.6. The van der Waals surface area contributed by atoms with E-state index in [2.05, 4.69) is 38.4 Å². The third kappa shape index (κ3) is 4.13. The van der Waals surface area contributed by atoms with Gasteiger partial charge in [0.15, 0.2) is 0 Å². The molecule has 11 heteroatoms. The fourth-order valence-corrected chi connectivity index (χ4v) is 7.45. The van der Waals surface area contributed by atoms with Crippen LogP contribution in [0.25, 0.3) is 0 Å². The topological polar surface area (TPSA) is 134 Å². The number of hydrogen-bond donors (Lipinski definition) is 2. The number of halogens is 1. The van der Waals surface area contributed by atoms with Gasteiger partial charge in [0.2, 0.25) is 11.8 Å². The summed E-state index contributed by atoms with van der Waals surface area (Å²) in [5.41, 5.74) is 5.16. The lowest BCUT2D eigenvalue weighted by Crippen LogP contribution is -2.54. The summed E-state index contributed by atoms with van der Waals surface area (Å²) in [6.45, 7) is -0.0326. The number of rotatable bonds is 7. The van der Waals surface area contributed by atoms with Crippen molar-refractivity contribution in [3.63, 3.8) is 0 Å². The number of carbonyl (C=O) groups is 3. The Labute approximate surface area is 265 Å². The molecule has 2 atom stereocenters. The predicted molar refractivity (Wildman–Crippen MR) is 172 cm³/mol. The monoisotopic (exact) mass is 697 g/mol. The molecule has 3 aliphatic carbocycles. The summed E-state index contributed by atoms with van der Waals surface area (Å²) in [5.74, 6) is -3.62. The van der Waals surface area contributed by atoms with E-state index in [0.717, 1.165) is 36.4 Å². The van der Waals surface area contributed by atoms with E-state index in [1.807, 2.05) is 72.8 Å². The Kier molecular flexibility index (Phi) is 6.76. The van der Waals surface area contributed by atoms with Crippen LogP contribution in [0.3, 0.4) is 0 Å². The van der Waals surface area contributed by atoms with Gasteiger partial charge in [0.25, 0.3) is 11.6 Å². The van der Waals surface area contributed by atoms with E-state index in [0.29, 0.717) is 0 Å². The molecule has 4 aliphatic rings. The van der Waals surface area contributed by atoms with Gasteiger partial charge in [-0.25, -0.2) is 10.3 Å². The predicted octanol–water partition coefficient (Wildman–Crippen LogP) is 4.96. The maximum atomic E-state index is 14.4. The molecule has 0 spiro atoms. The van der Waals surface area contributed by atoms with Crippen LogP contribution in [0.1, 0.15) is 28.2 Å². The van der Waals surface area contributed by atoms with E-state index in [-0.39, 0.29) is 17.9 Å². The molecule has 1 aliphatic heterocycles. The van der Waals surface area contributed by atoms with Gasteiger partial charge in [-0.3, -0.25) is 24.5 Å². The number of carbonyl (C=O) groups excluding carboxylic acids is 3. The normalized spacial score (nSPS) is 22.8. The van der Waals surface area contributed by atoms with Crippen molar-refractivity contribution >= 4 is 63.6 Å². The van der Waals surface area contributed by atoms with Gasteiger partial charge >= 0.3 is 0 Å². The number of anilines is 2. The number of hydrazone groups is 1. The Morgan fingerprint density at radius 2 is 1.52 bits per heavy atom. The van der Waals surface area contributed by atoms with Crippen molar-refractivity contribution in [2.75, 3.05) is 16.8 Å². The number of hydrogen-bond acceptors (Lipinski definition) is 7. The van der Waals surface area contributed by atoms with Crippen LogP contribution in [-0.2, 0) is 19.8 Å². The number of benzene rings is 4. The lowest BCUT2D eigenvalue weighted by Gasteiger charge is -2.52. The molecule has 10 nitrogen and oxygen atoms in total. The summed E-state index contributed by atoms with van der Waals surface area (Å²) in [5, 5.41) is 19.4. The number of nitro benzene ring substituents is 1. The van der Waals surface area contributed by atoms with E-state index in [4.69, 9.17) is 0 Å². The highest BCUT2D eigenvalue weighted by molar-refractivity contribution is 14.1.